The van der Waals surface area contributed by atoms with Gasteiger partial charge in [0.05, 0.1) is 0 Å². The van der Waals surface area contributed by atoms with Crippen LogP contribution in [0.4, 0.5) is 5.95 Å². The van der Waals surface area contributed by atoms with Crippen molar-refractivity contribution in [1.82, 2.24) is 19.8 Å². The summed E-state index contributed by atoms with van der Waals surface area (Å²) in [5.74, 6) is 1.61. The van der Waals surface area contributed by atoms with E-state index in [1.165, 1.54) is 50.9 Å². The van der Waals surface area contributed by atoms with Gasteiger partial charge < -0.3 is 9.80 Å². The van der Waals surface area contributed by atoms with Crippen LogP contribution < -0.4 is 4.90 Å². The Labute approximate surface area is 152 Å². The van der Waals surface area contributed by atoms with Crippen molar-refractivity contribution >= 4 is 5.95 Å². The Kier molecular flexibility index (Phi) is 4.96. The predicted octanol–water partition coefficient (Wildman–Crippen LogP) is 2.74. The highest BCUT2D eigenvalue weighted by molar-refractivity contribution is 5.38. The van der Waals surface area contributed by atoms with E-state index in [0.29, 0.717) is 24.0 Å². The molecule has 25 heavy (non-hydrogen) atoms. The van der Waals surface area contributed by atoms with Crippen molar-refractivity contribution < 1.29 is 0 Å². The van der Waals surface area contributed by atoms with Gasteiger partial charge in [0.15, 0.2) is 0 Å². The minimum absolute atomic E-state index is 0.597. The largest absolute Gasteiger partial charge is 0.332 e. The molecule has 2 atom stereocenters. The van der Waals surface area contributed by atoms with Crippen LogP contribution in [-0.2, 0) is 0 Å². The molecule has 3 aliphatic rings. The summed E-state index contributed by atoms with van der Waals surface area (Å²) in [4.78, 5) is 17.3. The van der Waals surface area contributed by atoms with Gasteiger partial charge in [0.1, 0.15) is 0 Å². The first-order chi connectivity index (χ1) is 12.2. The predicted molar refractivity (Wildman–Crippen MR) is 102 cm³/mol. The molecule has 4 rings (SSSR count). The molecule has 5 heteroatoms. The molecule has 0 saturated carbocycles. The molecule has 0 radical (unpaired) electrons. The van der Waals surface area contributed by atoms with Gasteiger partial charge in [-0.3, -0.25) is 4.90 Å². The Morgan fingerprint density at radius 3 is 2.12 bits per heavy atom. The SMILES string of the molecule is CCN1CCC(c2cnc(N3C4CCC3CN(C(C)C)C4)nc2)CC1. The Bertz CT molecular complexity index is 550. The molecule has 2 unspecified atom stereocenters. The number of aromatic nitrogens is 2. The summed E-state index contributed by atoms with van der Waals surface area (Å²) in [7, 11) is 0. The van der Waals surface area contributed by atoms with Gasteiger partial charge >= 0.3 is 0 Å². The first-order valence-corrected chi connectivity index (χ1v) is 10.2. The number of anilines is 1. The minimum atomic E-state index is 0.597. The van der Waals surface area contributed by atoms with E-state index in [2.05, 4.69) is 47.9 Å². The summed E-state index contributed by atoms with van der Waals surface area (Å²) in [5.41, 5.74) is 1.34. The Morgan fingerprint density at radius 1 is 1.00 bits per heavy atom. The topological polar surface area (TPSA) is 35.5 Å². The van der Waals surface area contributed by atoms with E-state index >= 15 is 0 Å². The second-order valence-corrected chi connectivity index (χ2v) is 8.36. The smallest absolute Gasteiger partial charge is 0.225 e. The molecule has 0 aliphatic carbocycles. The fraction of sp³-hybridized carbons (Fsp3) is 0.800. The molecule has 0 spiro atoms. The standard InChI is InChI=1S/C20H33N5/c1-4-23-9-7-16(8-10-23)17-11-21-20(22-12-17)25-18-5-6-19(25)14-24(13-18)15(2)3/h11-12,15-16,18-19H,4-10,13-14H2,1-3H3. The number of nitrogens with zero attached hydrogens (tertiary/aromatic N) is 5. The molecule has 138 valence electrons. The van der Waals surface area contributed by atoms with E-state index < -0.39 is 0 Å². The number of piperidine rings is 1. The number of piperazine rings is 1. The molecule has 4 heterocycles. The van der Waals surface area contributed by atoms with Crippen LogP contribution in [0.15, 0.2) is 12.4 Å². The van der Waals surface area contributed by atoms with Crippen LogP contribution >= 0.6 is 0 Å². The number of likely N-dealkylation sites (tertiary alicyclic amines) is 2. The summed E-state index contributed by atoms with van der Waals surface area (Å²) >= 11 is 0. The molecular formula is C20H33N5. The average Bonchev–Trinajstić information content (AvgIpc) is 2.91. The summed E-state index contributed by atoms with van der Waals surface area (Å²) in [6.07, 6.45) is 9.29. The Hall–Kier alpha value is -1.20. The van der Waals surface area contributed by atoms with Crippen LogP contribution in [-0.4, -0.2) is 70.6 Å². The maximum Gasteiger partial charge on any atom is 0.225 e. The summed E-state index contributed by atoms with van der Waals surface area (Å²) in [6.45, 7) is 12.8. The summed E-state index contributed by atoms with van der Waals surface area (Å²) in [6, 6.07) is 1.84. The van der Waals surface area contributed by atoms with Crippen molar-refractivity contribution in [3.63, 3.8) is 0 Å². The fourth-order valence-electron chi connectivity index (χ4n) is 4.94. The van der Waals surface area contributed by atoms with Gasteiger partial charge in [0, 0.05) is 43.6 Å². The van der Waals surface area contributed by atoms with Gasteiger partial charge in [-0.15, -0.1) is 0 Å². The van der Waals surface area contributed by atoms with Crippen LogP contribution in [0.1, 0.15) is 57.9 Å². The normalized spacial score (nSPS) is 28.9. The Morgan fingerprint density at radius 2 is 1.60 bits per heavy atom. The zero-order valence-corrected chi connectivity index (χ0v) is 16.1. The van der Waals surface area contributed by atoms with Crippen LogP contribution in [0.5, 0.6) is 0 Å². The van der Waals surface area contributed by atoms with Crippen molar-refractivity contribution in [2.75, 3.05) is 37.6 Å². The zero-order chi connectivity index (χ0) is 17.4. The molecule has 0 N–H and O–H groups in total. The average molecular weight is 344 g/mol. The van der Waals surface area contributed by atoms with E-state index in [9.17, 15) is 0 Å². The molecule has 0 amide bonds. The summed E-state index contributed by atoms with van der Waals surface area (Å²) in [5, 5.41) is 0. The molecular weight excluding hydrogens is 310 g/mol. The molecule has 3 saturated heterocycles. The Balaban J connectivity index is 1.43. The molecule has 1 aromatic rings. The second-order valence-electron chi connectivity index (χ2n) is 8.36. The third kappa shape index (κ3) is 3.41. The second kappa shape index (κ2) is 7.20. The third-order valence-electron chi connectivity index (χ3n) is 6.64. The van der Waals surface area contributed by atoms with E-state index in [1.807, 2.05) is 0 Å². The zero-order valence-electron chi connectivity index (χ0n) is 16.1. The van der Waals surface area contributed by atoms with E-state index in [0.717, 1.165) is 19.0 Å². The van der Waals surface area contributed by atoms with Gasteiger partial charge in [-0.25, -0.2) is 9.97 Å². The van der Waals surface area contributed by atoms with Crippen molar-refractivity contribution in [1.29, 1.82) is 0 Å². The quantitative estimate of drug-likeness (QED) is 0.840. The number of rotatable bonds is 4. The van der Waals surface area contributed by atoms with Gasteiger partial charge in [-0.2, -0.15) is 0 Å². The van der Waals surface area contributed by atoms with Crippen LogP contribution in [0.25, 0.3) is 0 Å². The number of fused-ring (bicyclic) bond motifs is 2. The van der Waals surface area contributed by atoms with E-state index in [-0.39, 0.29) is 0 Å². The van der Waals surface area contributed by atoms with Gasteiger partial charge in [0.2, 0.25) is 5.95 Å². The lowest BCUT2D eigenvalue weighted by Gasteiger charge is -2.42. The van der Waals surface area contributed by atoms with Gasteiger partial charge in [0.25, 0.3) is 0 Å². The van der Waals surface area contributed by atoms with Crippen molar-refractivity contribution in [2.24, 2.45) is 0 Å². The van der Waals surface area contributed by atoms with Gasteiger partial charge in [-0.05, 0) is 70.6 Å². The monoisotopic (exact) mass is 343 g/mol. The number of hydrogen-bond acceptors (Lipinski definition) is 5. The van der Waals surface area contributed by atoms with E-state index in [1.54, 1.807) is 0 Å². The molecule has 3 aliphatic heterocycles. The van der Waals surface area contributed by atoms with Crippen LogP contribution in [0.3, 0.4) is 0 Å². The van der Waals surface area contributed by atoms with Gasteiger partial charge in [-0.1, -0.05) is 6.92 Å². The van der Waals surface area contributed by atoms with Crippen molar-refractivity contribution in [2.45, 2.75) is 70.5 Å². The van der Waals surface area contributed by atoms with Crippen molar-refractivity contribution in [3.05, 3.63) is 18.0 Å². The highest BCUT2D eigenvalue weighted by atomic mass is 15.4. The first kappa shape index (κ1) is 17.2. The first-order valence-electron chi connectivity index (χ1n) is 10.2. The highest BCUT2D eigenvalue weighted by Gasteiger charge is 2.41. The maximum atomic E-state index is 4.81. The van der Waals surface area contributed by atoms with Crippen LogP contribution in [0, 0.1) is 0 Å². The molecule has 5 nitrogen and oxygen atoms in total. The fourth-order valence-corrected chi connectivity index (χ4v) is 4.94. The molecule has 3 fully saturated rings. The lowest BCUT2D eigenvalue weighted by molar-refractivity contribution is 0.176. The van der Waals surface area contributed by atoms with Crippen molar-refractivity contribution in [3.8, 4) is 0 Å². The van der Waals surface area contributed by atoms with E-state index in [4.69, 9.17) is 9.97 Å². The highest BCUT2D eigenvalue weighted by Crippen LogP contribution is 2.34. The summed E-state index contributed by atoms with van der Waals surface area (Å²) < 4.78 is 0. The lowest BCUT2D eigenvalue weighted by atomic mass is 9.91. The molecule has 1 aromatic heterocycles. The maximum absolute atomic E-state index is 4.81. The number of hydrogen-bond donors (Lipinski definition) is 0. The minimum Gasteiger partial charge on any atom is -0.332 e. The molecule has 0 aromatic carbocycles. The van der Waals surface area contributed by atoms with Crippen LogP contribution in [0.2, 0.25) is 0 Å². The third-order valence-corrected chi connectivity index (χ3v) is 6.64. The molecule has 2 bridgehead atoms. The lowest BCUT2D eigenvalue weighted by Crippen LogP contribution is -2.56.